The molecular weight excluding hydrogens is 282 g/mol. The number of nitrogens with zero attached hydrogens (tertiary/aromatic N) is 2. The van der Waals surface area contributed by atoms with E-state index in [0.29, 0.717) is 23.7 Å². The first-order chi connectivity index (χ1) is 9.99. The van der Waals surface area contributed by atoms with Crippen LogP contribution in [-0.4, -0.2) is 60.2 Å². The van der Waals surface area contributed by atoms with E-state index in [4.69, 9.17) is 22.7 Å². The summed E-state index contributed by atoms with van der Waals surface area (Å²) in [6.07, 6.45) is 0. The highest BCUT2D eigenvalue weighted by Gasteiger charge is 2.26. The number of rotatable bonds is 5. The lowest BCUT2D eigenvalue weighted by Crippen LogP contribution is -2.55. The highest BCUT2D eigenvalue weighted by Crippen LogP contribution is 2.18. The number of para-hydroxylation sites is 1. The summed E-state index contributed by atoms with van der Waals surface area (Å²) in [7, 11) is 2.20. The SMILES string of the molecule is CC1CN(CCOc2ccccc2C(N)=S)CC(C)N1C. The van der Waals surface area contributed by atoms with Gasteiger partial charge in [0.2, 0.25) is 0 Å². The lowest BCUT2D eigenvalue weighted by Gasteiger charge is -2.42. The molecule has 0 spiro atoms. The standard InChI is InChI=1S/C16H25N3OS/c1-12-10-19(11-13(2)18(12)3)8-9-20-15-7-5-4-6-14(15)16(17)21/h4-7,12-13H,8-11H2,1-3H3,(H2,17,21). The van der Waals surface area contributed by atoms with Crippen LogP contribution in [0.15, 0.2) is 24.3 Å². The van der Waals surface area contributed by atoms with Gasteiger partial charge in [-0.15, -0.1) is 0 Å². The van der Waals surface area contributed by atoms with Crippen molar-refractivity contribution in [3.8, 4) is 5.75 Å². The molecule has 1 heterocycles. The molecule has 21 heavy (non-hydrogen) atoms. The number of piperazine rings is 1. The highest BCUT2D eigenvalue weighted by atomic mass is 32.1. The Hall–Kier alpha value is -1.17. The molecule has 0 amide bonds. The van der Waals surface area contributed by atoms with Gasteiger partial charge in [-0.05, 0) is 33.0 Å². The molecule has 1 aromatic carbocycles. The second kappa shape index (κ2) is 7.20. The number of hydrogen-bond acceptors (Lipinski definition) is 4. The number of likely N-dealkylation sites (N-methyl/N-ethyl adjacent to an activating group) is 1. The molecule has 1 aromatic rings. The van der Waals surface area contributed by atoms with Crippen LogP contribution in [0, 0.1) is 0 Å². The Morgan fingerprint density at radius 3 is 2.52 bits per heavy atom. The van der Waals surface area contributed by atoms with Crippen molar-refractivity contribution in [2.75, 3.05) is 33.3 Å². The van der Waals surface area contributed by atoms with E-state index in [1.807, 2.05) is 24.3 Å². The molecule has 2 N–H and O–H groups in total. The Morgan fingerprint density at radius 2 is 1.90 bits per heavy atom. The Kier molecular flexibility index (Phi) is 5.56. The van der Waals surface area contributed by atoms with Crippen LogP contribution in [0.3, 0.4) is 0 Å². The van der Waals surface area contributed by atoms with Crippen molar-refractivity contribution < 1.29 is 4.74 Å². The van der Waals surface area contributed by atoms with Gasteiger partial charge in [0.1, 0.15) is 17.3 Å². The smallest absolute Gasteiger partial charge is 0.129 e. The topological polar surface area (TPSA) is 41.7 Å². The molecule has 1 fully saturated rings. The molecule has 0 radical (unpaired) electrons. The second-order valence-electron chi connectivity index (χ2n) is 5.83. The van der Waals surface area contributed by atoms with Gasteiger partial charge in [0.25, 0.3) is 0 Å². The summed E-state index contributed by atoms with van der Waals surface area (Å²) < 4.78 is 5.88. The maximum absolute atomic E-state index is 5.88. The third kappa shape index (κ3) is 4.15. The number of thiocarbonyl (C=S) groups is 1. The molecule has 2 atom stereocenters. The van der Waals surface area contributed by atoms with Gasteiger partial charge in [0.05, 0.1) is 5.56 Å². The van der Waals surface area contributed by atoms with E-state index >= 15 is 0 Å². The van der Waals surface area contributed by atoms with E-state index in [1.165, 1.54) is 0 Å². The molecule has 0 aromatic heterocycles. The molecule has 2 unspecified atom stereocenters. The molecule has 0 aliphatic carbocycles. The molecule has 2 rings (SSSR count). The number of benzene rings is 1. The van der Waals surface area contributed by atoms with Crippen LogP contribution in [0.25, 0.3) is 0 Å². The van der Waals surface area contributed by atoms with Gasteiger partial charge in [0.15, 0.2) is 0 Å². The maximum atomic E-state index is 5.88. The van der Waals surface area contributed by atoms with Crippen LogP contribution in [0.1, 0.15) is 19.4 Å². The monoisotopic (exact) mass is 307 g/mol. The lowest BCUT2D eigenvalue weighted by molar-refractivity contribution is 0.0522. The Bertz CT molecular complexity index is 482. The average Bonchev–Trinajstić information content (AvgIpc) is 2.45. The number of nitrogens with two attached hydrogens (primary N) is 1. The zero-order valence-electron chi connectivity index (χ0n) is 13.1. The fourth-order valence-electron chi connectivity index (χ4n) is 2.78. The minimum Gasteiger partial charge on any atom is -0.492 e. The first kappa shape index (κ1) is 16.2. The Balaban J connectivity index is 1.86. The van der Waals surface area contributed by atoms with Crippen molar-refractivity contribution in [3.05, 3.63) is 29.8 Å². The first-order valence-corrected chi connectivity index (χ1v) is 7.85. The zero-order valence-corrected chi connectivity index (χ0v) is 13.9. The lowest BCUT2D eigenvalue weighted by atomic mass is 10.1. The molecule has 5 heteroatoms. The van der Waals surface area contributed by atoms with Crippen LogP contribution in [-0.2, 0) is 0 Å². The van der Waals surface area contributed by atoms with Gasteiger partial charge in [-0.25, -0.2) is 0 Å². The fraction of sp³-hybridized carbons (Fsp3) is 0.562. The van der Waals surface area contributed by atoms with Gasteiger partial charge in [-0.1, -0.05) is 24.4 Å². The van der Waals surface area contributed by atoms with E-state index in [1.54, 1.807) is 0 Å². The van der Waals surface area contributed by atoms with Crippen molar-refractivity contribution in [2.45, 2.75) is 25.9 Å². The Morgan fingerprint density at radius 1 is 1.29 bits per heavy atom. The van der Waals surface area contributed by atoms with E-state index in [0.717, 1.165) is 30.9 Å². The van der Waals surface area contributed by atoms with Crippen LogP contribution in [0.4, 0.5) is 0 Å². The first-order valence-electron chi connectivity index (χ1n) is 7.45. The molecule has 1 aliphatic rings. The predicted octanol–water partition coefficient (Wildman–Crippen LogP) is 1.72. The maximum Gasteiger partial charge on any atom is 0.129 e. The van der Waals surface area contributed by atoms with Crippen molar-refractivity contribution in [2.24, 2.45) is 5.73 Å². The largest absolute Gasteiger partial charge is 0.492 e. The van der Waals surface area contributed by atoms with E-state index in [9.17, 15) is 0 Å². The third-order valence-corrected chi connectivity index (χ3v) is 4.47. The van der Waals surface area contributed by atoms with Crippen LogP contribution in [0.2, 0.25) is 0 Å². The Labute approximate surface area is 132 Å². The van der Waals surface area contributed by atoms with Crippen molar-refractivity contribution in [3.63, 3.8) is 0 Å². The number of ether oxygens (including phenoxy) is 1. The minimum atomic E-state index is 0.382. The van der Waals surface area contributed by atoms with E-state index < -0.39 is 0 Å². The van der Waals surface area contributed by atoms with Gasteiger partial charge >= 0.3 is 0 Å². The van der Waals surface area contributed by atoms with Crippen molar-refractivity contribution in [1.82, 2.24) is 9.80 Å². The average molecular weight is 307 g/mol. The van der Waals surface area contributed by atoms with Crippen LogP contribution >= 0.6 is 12.2 Å². The summed E-state index contributed by atoms with van der Waals surface area (Å²) in [6.45, 7) is 8.29. The minimum absolute atomic E-state index is 0.382. The summed E-state index contributed by atoms with van der Waals surface area (Å²) in [4.78, 5) is 5.27. The normalized spacial score (nSPS) is 24.0. The third-order valence-electron chi connectivity index (χ3n) is 4.25. The summed E-state index contributed by atoms with van der Waals surface area (Å²) >= 11 is 5.05. The molecule has 0 bridgehead atoms. The summed E-state index contributed by atoms with van der Waals surface area (Å²) in [5, 5.41) is 0. The van der Waals surface area contributed by atoms with Gasteiger partial charge < -0.3 is 10.5 Å². The quantitative estimate of drug-likeness (QED) is 0.839. The van der Waals surface area contributed by atoms with E-state index in [2.05, 4.69) is 30.7 Å². The number of hydrogen-bond donors (Lipinski definition) is 1. The van der Waals surface area contributed by atoms with Gasteiger partial charge in [-0.2, -0.15) is 0 Å². The highest BCUT2D eigenvalue weighted by molar-refractivity contribution is 7.80. The van der Waals surface area contributed by atoms with Crippen LogP contribution in [0.5, 0.6) is 5.75 Å². The molecule has 1 aliphatic heterocycles. The molecule has 0 saturated carbocycles. The zero-order chi connectivity index (χ0) is 15.4. The summed E-state index contributed by atoms with van der Waals surface area (Å²) in [5.41, 5.74) is 6.53. The fourth-order valence-corrected chi connectivity index (χ4v) is 2.95. The summed E-state index contributed by atoms with van der Waals surface area (Å²) in [5.74, 6) is 0.778. The molecule has 1 saturated heterocycles. The molecule has 4 nitrogen and oxygen atoms in total. The van der Waals surface area contributed by atoms with Crippen molar-refractivity contribution in [1.29, 1.82) is 0 Å². The molecular formula is C16H25N3OS. The predicted molar refractivity (Wildman–Crippen MR) is 91.0 cm³/mol. The second-order valence-corrected chi connectivity index (χ2v) is 6.27. The van der Waals surface area contributed by atoms with Gasteiger partial charge in [0, 0.05) is 31.7 Å². The van der Waals surface area contributed by atoms with Crippen molar-refractivity contribution >= 4 is 17.2 Å². The summed E-state index contributed by atoms with van der Waals surface area (Å²) in [6, 6.07) is 8.85. The molecule has 116 valence electrons. The van der Waals surface area contributed by atoms with Gasteiger partial charge in [-0.3, -0.25) is 9.80 Å². The van der Waals surface area contributed by atoms with Crippen LogP contribution < -0.4 is 10.5 Å². The van der Waals surface area contributed by atoms with E-state index in [-0.39, 0.29) is 0 Å².